The Balaban J connectivity index is 2.51. The maximum Gasteiger partial charge on any atom is 0.120 e. The van der Waals surface area contributed by atoms with Gasteiger partial charge in [0.2, 0.25) is 0 Å². The van der Waals surface area contributed by atoms with Gasteiger partial charge in [-0.25, -0.2) is 0 Å². The highest BCUT2D eigenvalue weighted by molar-refractivity contribution is 6.31. The first-order valence-electron chi connectivity index (χ1n) is 7.01. The highest BCUT2D eigenvalue weighted by Gasteiger charge is 2.17. The lowest BCUT2D eigenvalue weighted by Crippen LogP contribution is -2.22. The number of benzene rings is 1. The van der Waals surface area contributed by atoms with Gasteiger partial charge >= 0.3 is 0 Å². The van der Waals surface area contributed by atoms with Crippen molar-refractivity contribution in [3.8, 4) is 5.75 Å². The maximum absolute atomic E-state index is 6.27. The zero-order valence-corrected chi connectivity index (χ0v) is 13.3. The van der Waals surface area contributed by atoms with Crippen molar-refractivity contribution in [1.82, 2.24) is 5.32 Å². The SMILES string of the molecule is CCNCCC(C)(C)CCc1ccc(OC)cc1Cl. The van der Waals surface area contributed by atoms with Gasteiger partial charge in [0.05, 0.1) is 7.11 Å². The summed E-state index contributed by atoms with van der Waals surface area (Å²) < 4.78 is 5.17. The summed E-state index contributed by atoms with van der Waals surface area (Å²) in [5, 5.41) is 4.19. The third kappa shape index (κ3) is 5.84. The first-order chi connectivity index (χ1) is 8.98. The number of methoxy groups -OCH3 is 1. The van der Waals surface area contributed by atoms with Gasteiger partial charge in [0.1, 0.15) is 5.75 Å². The highest BCUT2D eigenvalue weighted by Crippen LogP contribution is 2.30. The Morgan fingerprint density at radius 1 is 1.26 bits per heavy atom. The molecule has 1 aromatic rings. The second kappa shape index (κ2) is 7.76. The molecule has 2 nitrogen and oxygen atoms in total. The molecular weight excluding hydrogens is 258 g/mol. The highest BCUT2D eigenvalue weighted by atomic mass is 35.5. The average molecular weight is 284 g/mol. The Kier molecular flexibility index (Phi) is 6.67. The summed E-state index contributed by atoms with van der Waals surface area (Å²) in [7, 11) is 1.66. The molecule has 19 heavy (non-hydrogen) atoms. The van der Waals surface area contributed by atoms with E-state index in [4.69, 9.17) is 16.3 Å². The van der Waals surface area contributed by atoms with Gasteiger partial charge < -0.3 is 10.1 Å². The van der Waals surface area contributed by atoms with Crippen molar-refractivity contribution in [2.24, 2.45) is 5.41 Å². The Morgan fingerprint density at radius 3 is 2.58 bits per heavy atom. The second-order valence-electron chi connectivity index (χ2n) is 5.73. The van der Waals surface area contributed by atoms with E-state index in [1.54, 1.807) is 7.11 Å². The number of aryl methyl sites for hydroxylation is 1. The summed E-state index contributed by atoms with van der Waals surface area (Å²) in [6, 6.07) is 5.94. The van der Waals surface area contributed by atoms with E-state index >= 15 is 0 Å². The Hall–Kier alpha value is -0.730. The van der Waals surface area contributed by atoms with E-state index in [1.165, 1.54) is 12.0 Å². The minimum atomic E-state index is 0.339. The molecule has 108 valence electrons. The maximum atomic E-state index is 6.27. The number of ether oxygens (including phenoxy) is 1. The Bertz CT molecular complexity index is 390. The van der Waals surface area contributed by atoms with Gasteiger partial charge in [-0.1, -0.05) is 38.4 Å². The van der Waals surface area contributed by atoms with Crippen LogP contribution in [0, 0.1) is 5.41 Å². The molecule has 0 heterocycles. The van der Waals surface area contributed by atoms with Crippen LogP contribution in [0.3, 0.4) is 0 Å². The number of hydrogen-bond donors (Lipinski definition) is 1. The van der Waals surface area contributed by atoms with Crippen molar-refractivity contribution < 1.29 is 4.74 Å². The van der Waals surface area contributed by atoms with Crippen LogP contribution in [0.5, 0.6) is 5.75 Å². The van der Waals surface area contributed by atoms with Crippen LogP contribution in [0.25, 0.3) is 0 Å². The molecule has 0 aromatic heterocycles. The van der Waals surface area contributed by atoms with E-state index in [-0.39, 0.29) is 0 Å². The van der Waals surface area contributed by atoms with Crippen molar-refractivity contribution >= 4 is 11.6 Å². The van der Waals surface area contributed by atoms with E-state index in [2.05, 4.69) is 32.2 Å². The van der Waals surface area contributed by atoms with E-state index < -0.39 is 0 Å². The van der Waals surface area contributed by atoms with Crippen molar-refractivity contribution in [2.45, 2.75) is 40.0 Å². The molecule has 0 radical (unpaired) electrons. The van der Waals surface area contributed by atoms with Gasteiger partial charge in [-0.05, 0) is 55.5 Å². The van der Waals surface area contributed by atoms with Crippen LogP contribution < -0.4 is 10.1 Å². The third-order valence-electron chi connectivity index (χ3n) is 3.56. The van der Waals surface area contributed by atoms with Crippen molar-refractivity contribution in [3.63, 3.8) is 0 Å². The summed E-state index contributed by atoms with van der Waals surface area (Å²) in [6.07, 6.45) is 3.35. The molecule has 0 aliphatic heterocycles. The van der Waals surface area contributed by atoms with Crippen LogP contribution in [0.1, 0.15) is 39.2 Å². The zero-order chi connectivity index (χ0) is 14.3. The molecule has 1 rings (SSSR count). The molecule has 0 amide bonds. The molecule has 0 aliphatic carbocycles. The zero-order valence-electron chi connectivity index (χ0n) is 12.6. The number of nitrogens with one attached hydrogen (secondary N) is 1. The predicted octanol–water partition coefficient (Wildman–Crippen LogP) is 4.31. The van der Waals surface area contributed by atoms with Gasteiger partial charge in [-0.2, -0.15) is 0 Å². The molecule has 3 heteroatoms. The molecule has 0 atom stereocenters. The summed E-state index contributed by atoms with van der Waals surface area (Å²) in [6.45, 7) is 8.91. The Labute approximate surface area is 122 Å². The molecule has 0 saturated carbocycles. The molecule has 0 saturated heterocycles. The predicted molar refractivity (Wildman–Crippen MR) is 83.3 cm³/mol. The topological polar surface area (TPSA) is 21.3 Å². The van der Waals surface area contributed by atoms with Crippen LogP contribution in [-0.2, 0) is 6.42 Å². The molecule has 1 aromatic carbocycles. The van der Waals surface area contributed by atoms with Crippen molar-refractivity contribution in [1.29, 1.82) is 0 Å². The quantitative estimate of drug-likeness (QED) is 0.718. The minimum Gasteiger partial charge on any atom is -0.497 e. The number of rotatable bonds is 8. The fourth-order valence-corrected chi connectivity index (χ4v) is 2.32. The average Bonchev–Trinajstić information content (AvgIpc) is 2.37. The molecule has 0 aliphatic rings. The van der Waals surface area contributed by atoms with Crippen LogP contribution in [0.15, 0.2) is 18.2 Å². The van der Waals surface area contributed by atoms with E-state index in [0.717, 1.165) is 36.7 Å². The number of hydrogen-bond acceptors (Lipinski definition) is 2. The lowest BCUT2D eigenvalue weighted by Gasteiger charge is -2.25. The van der Waals surface area contributed by atoms with Gasteiger partial charge in [0, 0.05) is 5.02 Å². The van der Waals surface area contributed by atoms with Crippen LogP contribution in [-0.4, -0.2) is 20.2 Å². The lowest BCUT2D eigenvalue weighted by atomic mass is 9.83. The fourth-order valence-electron chi connectivity index (χ4n) is 2.06. The molecular formula is C16H26ClNO. The number of halogens is 1. The first-order valence-corrected chi connectivity index (χ1v) is 7.39. The largest absolute Gasteiger partial charge is 0.497 e. The van der Waals surface area contributed by atoms with Gasteiger partial charge in [-0.15, -0.1) is 0 Å². The molecule has 0 unspecified atom stereocenters. The molecule has 0 fully saturated rings. The van der Waals surface area contributed by atoms with E-state index in [1.807, 2.05) is 12.1 Å². The minimum absolute atomic E-state index is 0.339. The van der Waals surface area contributed by atoms with Crippen molar-refractivity contribution in [3.05, 3.63) is 28.8 Å². The smallest absolute Gasteiger partial charge is 0.120 e. The first kappa shape index (κ1) is 16.3. The second-order valence-corrected chi connectivity index (χ2v) is 6.13. The molecule has 0 spiro atoms. The summed E-state index contributed by atoms with van der Waals surface area (Å²) in [5.74, 6) is 0.820. The third-order valence-corrected chi connectivity index (χ3v) is 3.91. The van der Waals surface area contributed by atoms with Crippen molar-refractivity contribution in [2.75, 3.05) is 20.2 Å². The molecule has 0 bridgehead atoms. The summed E-state index contributed by atoms with van der Waals surface area (Å²) >= 11 is 6.27. The monoisotopic (exact) mass is 283 g/mol. The molecule has 1 N–H and O–H groups in total. The summed E-state index contributed by atoms with van der Waals surface area (Å²) in [4.78, 5) is 0. The van der Waals surface area contributed by atoms with Crippen LogP contribution >= 0.6 is 11.6 Å². The fraction of sp³-hybridized carbons (Fsp3) is 0.625. The van der Waals surface area contributed by atoms with Crippen LogP contribution in [0.4, 0.5) is 0 Å². The van der Waals surface area contributed by atoms with Crippen LogP contribution in [0.2, 0.25) is 5.02 Å². The lowest BCUT2D eigenvalue weighted by molar-refractivity contribution is 0.303. The van der Waals surface area contributed by atoms with Gasteiger partial charge in [0.15, 0.2) is 0 Å². The normalized spacial score (nSPS) is 11.6. The van der Waals surface area contributed by atoms with Gasteiger partial charge in [0.25, 0.3) is 0 Å². The Morgan fingerprint density at radius 2 is 2.00 bits per heavy atom. The van der Waals surface area contributed by atoms with E-state index in [0.29, 0.717) is 5.41 Å². The standard InChI is InChI=1S/C16H26ClNO/c1-5-18-11-10-16(2,3)9-8-13-6-7-14(19-4)12-15(13)17/h6-7,12,18H,5,8-11H2,1-4H3. The van der Waals surface area contributed by atoms with E-state index in [9.17, 15) is 0 Å². The van der Waals surface area contributed by atoms with Gasteiger partial charge in [-0.3, -0.25) is 0 Å². The summed E-state index contributed by atoms with van der Waals surface area (Å²) in [5.41, 5.74) is 1.55.